The highest BCUT2D eigenvalue weighted by atomic mass is 16.5. The summed E-state index contributed by atoms with van der Waals surface area (Å²) in [5.41, 5.74) is 0.711. The Kier molecular flexibility index (Phi) is 7.47. The van der Waals surface area contributed by atoms with Gasteiger partial charge in [-0.05, 0) is 43.3 Å². The van der Waals surface area contributed by atoms with Crippen LogP contribution in [0.1, 0.15) is 17.5 Å². The van der Waals surface area contributed by atoms with Gasteiger partial charge >= 0.3 is 0 Å². The first-order valence-electron chi connectivity index (χ1n) is 11.2. The van der Waals surface area contributed by atoms with Crippen molar-refractivity contribution in [3.63, 3.8) is 0 Å². The first kappa shape index (κ1) is 22.7. The van der Waals surface area contributed by atoms with E-state index in [-0.39, 0.29) is 11.8 Å². The van der Waals surface area contributed by atoms with Crippen molar-refractivity contribution < 1.29 is 23.5 Å². The van der Waals surface area contributed by atoms with E-state index in [4.69, 9.17) is 13.9 Å². The third kappa shape index (κ3) is 6.04. The first-order valence-corrected chi connectivity index (χ1v) is 11.2. The van der Waals surface area contributed by atoms with Crippen molar-refractivity contribution in [2.45, 2.75) is 6.92 Å². The van der Waals surface area contributed by atoms with Gasteiger partial charge < -0.3 is 24.1 Å². The maximum atomic E-state index is 12.8. The van der Waals surface area contributed by atoms with E-state index in [0.717, 1.165) is 16.9 Å². The zero-order chi connectivity index (χ0) is 23.0. The van der Waals surface area contributed by atoms with Crippen LogP contribution >= 0.6 is 0 Å². The number of hydrogen-bond donors (Lipinski definition) is 1. The van der Waals surface area contributed by atoms with Crippen LogP contribution < -0.4 is 14.8 Å². The number of rotatable bonds is 9. The van der Waals surface area contributed by atoms with Gasteiger partial charge in [-0.1, -0.05) is 18.2 Å². The number of carbonyl (C=O) groups is 2. The molecule has 2 amide bonds. The molecule has 0 bridgehead atoms. The molecule has 4 rings (SSSR count). The number of benzene rings is 2. The lowest BCUT2D eigenvalue weighted by atomic mass is 10.2. The fraction of sp³-hybridized carbons (Fsp3) is 0.360. The molecule has 1 saturated heterocycles. The quantitative estimate of drug-likeness (QED) is 0.504. The largest absolute Gasteiger partial charge is 0.494 e. The van der Waals surface area contributed by atoms with Gasteiger partial charge in [0.15, 0.2) is 5.76 Å². The number of ether oxygens (including phenoxy) is 2. The lowest BCUT2D eigenvalue weighted by Crippen LogP contribution is -2.51. The maximum Gasteiger partial charge on any atom is 0.289 e. The van der Waals surface area contributed by atoms with E-state index in [9.17, 15) is 9.59 Å². The highest BCUT2D eigenvalue weighted by Gasteiger charge is 2.25. The van der Waals surface area contributed by atoms with Crippen molar-refractivity contribution in [2.75, 3.05) is 52.5 Å². The highest BCUT2D eigenvalue weighted by molar-refractivity contribution is 5.96. The standard InChI is InChI=1S/C25H29N3O5/c1-2-31-20-7-9-21(10-8-20)32-16-11-26-24(29)18-27-12-14-28(15-13-27)25(30)23-17-19-5-3-4-6-22(19)33-23/h3-10,17H,2,11-16,18H2,1H3,(H,26,29). The van der Waals surface area contributed by atoms with Gasteiger partial charge in [0.2, 0.25) is 5.91 Å². The number of fused-ring (bicyclic) bond motifs is 1. The first-order chi connectivity index (χ1) is 16.1. The molecule has 1 aliphatic heterocycles. The molecule has 2 aromatic carbocycles. The van der Waals surface area contributed by atoms with E-state index in [2.05, 4.69) is 5.32 Å². The second kappa shape index (κ2) is 10.9. The smallest absolute Gasteiger partial charge is 0.289 e. The third-order valence-electron chi connectivity index (χ3n) is 5.49. The van der Waals surface area contributed by atoms with E-state index in [1.54, 1.807) is 11.0 Å². The van der Waals surface area contributed by atoms with Gasteiger partial charge in [0.1, 0.15) is 23.7 Å². The molecule has 33 heavy (non-hydrogen) atoms. The minimum atomic E-state index is -0.110. The average molecular weight is 452 g/mol. The summed E-state index contributed by atoms with van der Waals surface area (Å²) in [6, 6.07) is 16.8. The molecule has 1 aliphatic rings. The van der Waals surface area contributed by atoms with Crippen LogP contribution in [0, 0.1) is 0 Å². The monoisotopic (exact) mass is 451 g/mol. The summed E-state index contributed by atoms with van der Waals surface area (Å²) in [7, 11) is 0. The van der Waals surface area contributed by atoms with Crippen molar-refractivity contribution >= 4 is 22.8 Å². The number of nitrogens with zero attached hydrogens (tertiary/aromatic N) is 2. The number of amides is 2. The van der Waals surface area contributed by atoms with Gasteiger partial charge in [0.05, 0.1) is 19.7 Å². The molecule has 1 fully saturated rings. The van der Waals surface area contributed by atoms with Crippen LogP contribution in [-0.4, -0.2) is 74.1 Å². The third-order valence-corrected chi connectivity index (χ3v) is 5.49. The molecule has 0 atom stereocenters. The number of carbonyl (C=O) groups excluding carboxylic acids is 2. The van der Waals surface area contributed by atoms with Gasteiger partial charge in [-0.25, -0.2) is 0 Å². The lowest BCUT2D eigenvalue weighted by molar-refractivity contribution is -0.122. The second-order valence-corrected chi connectivity index (χ2v) is 7.82. The van der Waals surface area contributed by atoms with Gasteiger partial charge in [-0.2, -0.15) is 0 Å². The molecule has 1 N–H and O–H groups in total. The normalized spacial score (nSPS) is 14.3. The minimum absolute atomic E-state index is 0.0534. The van der Waals surface area contributed by atoms with Gasteiger partial charge in [0, 0.05) is 31.6 Å². The summed E-state index contributed by atoms with van der Waals surface area (Å²) in [6.45, 7) is 6.08. The molecule has 8 nitrogen and oxygen atoms in total. The Balaban J connectivity index is 1.14. The molecular weight excluding hydrogens is 422 g/mol. The fourth-order valence-electron chi connectivity index (χ4n) is 3.77. The Hall–Kier alpha value is -3.52. The molecule has 3 aromatic rings. The van der Waals surface area contributed by atoms with Crippen molar-refractivity contribution in [1.29, 1.82) is 0 Å². The predicted molar refractivity (Wildman–Crippen MR) is 125 cm³/mol. The van der Waals surface area contributed by atoms with Gasteiger partial charge in [-0.15, -0.1) is 0 Å². The molecular formula is C25H29N3O5. The maximum absolute atomic E-state index is 12.8. The average Bonchev–Trinajstić information content (AvgIpc) is 3.27. The van der Waals surface area contributed by atoms with E-state index >= 15 is 0 Å². The predicted octanol–water partition coefficient (Wildman–Crippen LogP) is 2.78. The van der Waals surface area contributed by atoms with Gasteiger partial charge in [-0.3, -0.25) is 14.5 Å². The van der Waals surface area contributed by atoms with E-state index < -0.39 is 0 Å². The van der Waals surface area contributed by atoms with Crippen LogP contribution in [0.25, 0.3) is 11.0 Å². The zero-order valence-electron chi connectivity index (χ0n) is 18.8. The van der Waals surface area contributed by atoms with Crippen LogP contribution in [0.2, 0.25) is 0 Å². The van der Waals surface area contributed by atoms with Crippen LogP contribution in [0.4, 0.5) is 0 Å². The van der Waals surface area contributed by atoms with E-state index in [1.165, 1.54) is 0 Å². The van der Waals surface area contributed by atoms with Crippen LogP contribution in [0.3, 0.4) is 0 Å². The topological polar surface area (TPSA) is 84.3 Å². The van der Waals surface area contributed by atoms with E-state index in [1.807, 2.05) is 60.4 Å². The van der Waals surface area contributed by atoms with Crippen LogP contribution in [0.15, 0.2) is 59.0 Å². The summed E-state index contributed by atoms with van der Waals surface area (Å²) in [5, 5.41) is 3.80. The zero-order valence-corrected chi connectivity index (χ0v) is 18.8. The number of furan rings is 1. The Morgan fingerprint density at radius 2 is 1.67 bits per heavy atom. The number of nitrogens with one attached hydrogen (secondary N) is 1. The highest BCUT2D eigenvalue weighted by Crippen LogP contribution is 2.20. The molecule has 0 unspecified atom stereocenters. The number of piperazine rings is 1. The Morgan fingerprint density at radius 3 is 2.36 bits per heavy atom. The fourth-order valence-corrected chi connectivity index (χ4v) is 3.77. The van der Waals surface area contributed by atoms with Crippen molar-refractivity contribution in [1.82, 2.24) is 15.1 Å². The van der Waals surface area contributed by atoms with Gasteiger partial charge in [0.25, 0.3) is 5.91 Å². The summed E-state index contributed by atoms with van der Waals surface area (Å²) in [5.74, 6) is 1.73. The number of para-hydroxylation sites is 1. The number of hydrogen-bond acceptors (Lipinski definition) is 6. The van der Waals surface area contributed by atoms with E-state index in [0.29, 0.717) is 63.8 Å². The van der Waals surface area contributed by atoms with Crippen molar-refractivity contribution in [3.8, 4) is 11.5 Å². The molecule has 8 heteroatoms. The molecule has 2 heterocycles. The van der Waals surface area contributed by atoms with Crippen LogP contribution in [-0.2, 0) is 4.79 Å². The minimum Gasteiger partial charge on any atom is -0.494 e. The SMILES string of the molecule is CCOc1ccc(OCCNC(=O)CN2CCN(C(=O)c3cc4ccccc4o3)CC2)cc1. The molecule has 0 radical (unpaired) electrons. The second-order valence-electron chi connectivity index (χ2n) is 7.82. The van der Waals surface area contributed by atoms with Crippen LogP contribution in [0.5, 0.6) is 11.5 Å². The summed E-state index contributed by atoms with van der Waals surface area (Å²) < 4.78 is 16.7. The summed E-state index contributed by atoms with van der Waals surface area (Å²) in [4.78, 5) is 28.8. The molecule has 1 aromatic heterocycles. The Labute approximate surface area is 193 Å². The molecule has 0 spiro atoms. The molecule has 0 aliphatic carbocycles. The lowest BCUT2D eigenvalue weighted by Gasteiger charge is -2.33. The van der Waals surface area contributed by atoms with Crippen molar-refractivity contribution in [3.05, 3.63) is 60.4 Å². The Bertz CT molecular complexity index is 1040. The summed E-state index contributed by atoms with van der Waals surface area (Å²) >= 11 is 0. The Morgan fingerprint density at radius 1 is 0.970 bits per heavy atom. The summed E-state index contributed by atoms with van der Waals surface area (Å²) in [6.07, 6.45) is 0. The van der Waals surface area contributed by atoms with Crippen molar-refractivity contribution in [2.24, 2.45) is 0 Å². The molecule has 174 valence electrons. The molecule has 0 saturated carbocycles.